The molecule has 0 bridgehead atoms. The van der Waals surface area contributed by atoms with Crippen molar-refractivity contribution in [3.8, 4) is 5.75 Å². The summed E-state index contributed by atoms with van der Waals surface area (Å²) in [6.07, 6.45) is 0. The maximum atomic E-state index is 12.7. The van der Waals surface area contributed by atoms with Gasteiger partial charge in [-0.05, 0) is 36.1 Å². The third kappa shape index (κ3) is 3.15. The van der Waals surface area contributed by atoms with E-state index in [2.05, 4.69) is 13.8 Å². The molecule has 1 aromatic rings. The number of ether oxygens (including phenoxy) is 1. The summed E-state index contributed by atoms with van der Waals surface area (Å²) >= 11 is 0. The van der Waals surface area contributed by atoms with Crippen LogP contribution in [0.5, 0.6) is 5.75 Å². The second-order valence-corrected chi connectivity index (χ2v) is 7.01. The van der Waals surface area contributed by atoms with Crippen LogP contribution >= 0.6 is 0 Å². The number of nitrogens with zero attached hydrogens (tertiary/aromatic N) is 1. The summed E-state index contributed by atoms with van der Waals surface area (Å²) in [6.45, 7) is 10.7. The molecule has 0 unspecified atom stereocenters. The van der Waals surface area contributed by atoms with Crippen molar-refractivity contribution in [3.05, 3.63) is 23.3 Å². The average molecular weight is 299 g/mol. The highest BCUT2D eigenvalue weighted by Crippen LogP contribution is 2.32. The lowest BCUT2D eigenvalue weighted by Gasteiger charge is -2.22. The topological polar surface area (TPSA) is 46.6 Å². The first-order chi connectivity index (χ1) is 9.29. The van der Waals surface area contributed by atoms with Crippen LogP contribution < -0.4 is 4.74 Å². The Balaban J connectivity index is 3.54. The molecular weight excluding hydrogens is 274 g/mol. The molecule has 0 spiro atoms. The third-order valence-corrected chi connectivity index (χ3v) is 5.57. The first-order valence-electron chi connectivity index (χ1n) is 6.98. The molecular formula is C15H25NO3S. The van der Waals surface area contributed by atoms with Crippen LogP contribution in [-0.4, -0.2) is 32.9 Å². The molecule has 1 aromatic carbocycles. The molecule has 0 aliphatic carbocycles. The number of aryl methyl sites for hydroxylation is 1. The van der Waals surface area contributed by atoms with Crippen molar-refractivity contribution < 1.29 is 13.2 Å². The molecule has 0 fully saturated rings. The van der Waals surface area contributed by atoms with Gasteiger partial charge in [0, 0.05) is 13.1 Å². The number of sulfonamides is 1. The van der Waals surface area contributed by atoms with Crippen molar-refractivity contribution in [1.29, 1.82) is 0 Å². The zero-order chi connectivity index (χ0) is 15.5. The molecule has 0 saturated carbocycles. The highest BCUT2D eigenvalue weighted by atomic mass is 32.2. The van der Waals surface area contributed by atoms with E-state index in [9.17, 15) is 8.42 Å². The van der Waals surface area contributed by atoms with Gasteiger partial charge in [0.15, 0.2) is 0 Å². The van der Waals surface area contributed by atoms with Crippen LogP contribution in [0.25, 0.3) is 0 Å². The number of rotatable bonds is 6. The van der Waals surface area contributed by atoms with E-state index in [1.54, 1.807) is 6.07 Å². The Bertz CT molecular complexity index is 561. The largest absolute Gasteiger partial charge is 0.495 e. The van der Waals surface area contributed by atoms with Gasteiger partial charge in [-0.2, -0.15) is 4.31 Å². The molecule has 1 rings (SSSR count). The van der Waals surface area contributed by atoms with E-state index in [0.29, 0.717) is 18.8 Å². The van der Waals surface area contributed by atoms with Crippen molar-refractivity contribution in [2.75, 3.05) is 20.2 Å². The molecule has 0 aliphatic rings. The second-order valence-electron chi connectivity index (χ2n) is 5.10. The summed E-state index contributed by atoms with van der Waals surface area (Å²) in [7, 11) is -2.00. The quantitative estimate of drug-likeness (QED) is 0.810. The fraction of sp³-hybridized carbons (Fsp3) is 0.600. The molecule has 5 heteroatoms. The summed E-state index contributed by atoms with van der Waals surface area (Å²) in [6, 6.07) is 3.57. The SMILES string of the molecule is CCN(CC)S(=O)(=O)c1cc(C(C)C)c(C)cc1OC. The first kappa shape index (κ1) is 17.0. The van der Waals surface area contributed by atoms with E-state index >= 15 is 0 Å². The van der Waals surface area contributed by atoms with Crippen molar-refractivity contribution in [3.63, 3.8) is 0 Å². The monoisotopic (exact) mass is 299 g/mol. The maximum absolute atomic E-state index is 12.7. The van der Waals surface area contributed by atoms with Gasteiger partial charge in [0.05, 0.1) is 7.11 Å². The molecule has 20 heavy (non-hydrogen) atoms. The van der Waals surface area contributed by atoms with Gasteiger partial charge < -0.3 is 4.74 Å². The van der Waals surface area contributed by atoms with Crippen LogP contribution in [0, 0.1) is 6.92 Å². The number of methoxy groups -OCH3 is 1. The van der Waals surface area contributed by atoms with Gasteiger partial charge in [0.25, 0.3) is 0 Å². The van der Waals surface area contributed by atoms with Crippen LogP contribution in [0.2, 0.25) is 0 Å². The summed E-state index contributed by atoms with van der Waals surface area (Å²) < 4.78 is 32.1. The fourth-order valence-electron chi connectivity index (χ4n) is 2.36. The van der Waals surface area contributed by atoms with Gasteiger partial charge in [-0.25, -0.2) is 8.42 Å². The molecule has 0 atom stereocenters. The minimum Gasteiger partial charge on any atom is -0.495 e. The van der Waals surface area contributed by atoms with E-state index in [0.717, 1.165) is 11.1 Å². The third-order valence-electron chi connectivity index (χ3n) is 3.50. The fourth-order valence-corrected chi connectivity index (χ4v) is 3.99. The van der Waals surface area contributed by atoms with E-state index in [-0.39, 0.29) is 10.8 Å². The van der Waals surface area contributed by atoms with Gasteiger partial charge in [0.1, 0.15) is 10.6 Å². The molecule has 0 amide bonds. The van der Waals surface area contributed by atoms with Crippen LogP contribution in [0.1, 0.15) is 44.7 Å². The Morgan fingerprint density at radius 1 is 1.20 bits per heavy atom. The van der Waals surface area contributed by atoms with Crippen molar-refractivity contribution in [2.45, 2.75) is 45.4 Å². The first-order valence-corrected chi connectivity index (χ1v) is 8.42. The van der Waals surface area contributed by atoms with Crippen molar-refractivity contribution in [2.24, 2.45) is 0 Å². The second kappa shape index (κ2) is 6.59. The van der Waals surface area contributed by atoms with Gasteiger partial charge in [-0.1, -0.05) is 27.7 Å². The number of benzene rings is 1. The van der Waals surface area contributed by atoms with E-state index in [4.69, 9.17) is 4.74 Å². The van der Waals surface area contributed by atoms with Crippen LogP contribution in [-0.2, 0) is 10.0 Å². The predicted octanol–water partition coefficient (Wildman–Crippen LogP) is 3.16. The molecule has 4 nitrogen and oxygen atoms in total. The summed E-state index contributed by atoms with van der Waals surface area (Å²) in [5.74, 6) is 0.686. The molecule has 0 heterocycles. The predicted molar refractivity (Wildman–Crippen MR) is 81.9 cm³/mol. The zero-order valence-electron chi connectivity index (χ0n) is 13.2. The van der Waals surface area contributed by atoms with E-state index < -0.39 is 10.0 Å². The summed E-state index contributed by atoms with van der Waals surface area (Å²) in [4.78, 5) is 0.262. The molecule has 0 aliphatic heterocycles. The van der Waals surface area contributed by atoms with Crippen molar-refractivity contribution >= 4 is 10.0 Å². The minimum atomic E-state index is -3.51. The molecule has 0 aromatic heterocycles. The maximum Gasteiger partial charge on any atom is 0.246 e. The van der Waals surface area contributed by atoms with E-state index in [1.165, 1.54) is 11.4 Å². The highest BCUT2D eigenvalue weighted by molar-refractivity contribution is 7.89. The standard InChI is InChI=1S/C15H25NO3S/c1-7-16(8-2)20(17,18)15-10-13(11(3)4)12(5)9-14(15)19-6/h9-11H,7-8H2,1-6H3. The van der Waals surface area contributed by atoms with Gasteiger partial charge in [-0.15, -0.1) is 0 Å². The van der Waals surface area contributed by atoms with Gasteiger partial charge >= 0.3 is 0 Å². The minimum absolute atomic E-state index is 0.262. The molecule has 114 valence electrons. The Kier molecular flexibility index (Phi) is 5.59. The summed E-state index contributed by atoms with van der Waals surface area (Å²) in [5.41, 5.74) is 2.09. The normalized spacial score (nSPS) is 12.2. The average Bonchev–Trinajstić information content (AvgIpc) is 2.38. The summed E-state index contributed by atoms with van der Waals surface area (Å²) in [5, 5.41) is 0. The Morgan fingerprint density at radius 2 is 1.75 bits per heavy atom. The zero-order valence-corrected chi connectivity index (χ0v) is 14.0. The Morgan fingerprint density at radius 3 is 2.15 bits per heavy atom. The smallest absolute Gasteiger partial charge is 0.246 e. The lowest BCUT2D eigenvalue weighted by Crippen LogP contribution is -2.31. The Hall–Kier alpha value is -1.07. The van der Waals surface area contributed by atoms with Crippen LogP contribution in [0.3, 0.4) is 0 Å². The van der Waals surface area contributed by atoms with Crippen molar-refractivity contribution in [1.82, 2.24) is 4.31 Å². The van der Waals surface area contributed by atoms with E-state index in [1.807, 2.05) is 26.8 Å². The highest BCUT2D eigenvalue weighted by Gasteiger charge is 2.26. The molecule has 0 N–H and O–H groups in total. The van der Waals surface area contributed by atoms with Gasteiger partial charge in [-0.3, -0.25) is 0 Å². The Labute approximate surface area is 122 Å². The van der Waals surface area contributed by atoms with Crippen LogP contribution in [0.4, 0.5) is 0 Å². The molecule has 0 radical (unpaired) electrons. The number of hydrogen-bond donors (Lipinski definition) is 0. The number of hydrogen-bond acceptors (Lipinski definition) is 3. The van der Waals surface area contributed by atoms with Crippen LogP contribution in [0.15, 0.2) is 17.0 Å². The van der Waals surface area contributed by atoms with Gasteiger partial charge in [0.2, 0.25) is 10.0 Å². The molecule has 0 saturated heterocycles. The lowest BCUT2D eigenvalue weighted by atomic mass is 9.98. The lowest BCUT2D eigenvalue weighted by molar-refractivity contribution is 0.394.